The summed E-state index contributed by atoms with van der Waals surface area (Å²) in [6, 6.07) is 0. The molecule has 17 nitrogen and oxygen atoms in total. The highest BCUT2D eigenvalue weighted by Gasteiger charge is 2.30. The Balaban J connectivity index is 5.23. The van der Waals surface area contributed by atoms with Crippen LogP contribution in [0.4, 0.5) is 0 Å². The normalized spacial score (nSPS) is 14.2. The standard InChI is InChI=1S/C81H158O17P2/c1-7-10-12-14-16-18-20-22-24-26-28-30-32-34-36-41-45-53-59-65-80(85)97-76(69-91-78(83)63-57-51-44-40-35-33-31-29-27-25-23-21-19-17-15-13-11-8-2)71-95-99(87,88)93-67-75(82)68-94-100(89,90)96-72-77(70-92-79(84)64-58-52-48-47-50-56-62-74(6)9-3)98-81(86)66-60-54-46-42-38-37-39-43-49-55-61-73(4)5/h73-77,82H,7-72H2,1-6H3,(H,87,88)(H,89,90)/t74?,75-,76-,77-/m1/s1. The maximum Gasteiger partial charge on any atom is 0.472 e. The van der Waals surface area contributed by atoms with Crippen LogP contribution in [0.1, 0.15) is 427 Å². The molecule has 594 valence electrons. The van der Waals surface area contributed by atoms with Gasteiger partial charge in [0.2, 0.25) is 0 Å². The third kappa shape index (κ3) is 73.0. The summed E-state index contributed by atoms with van der Waals surface area (Å²) in [5.41, 5.74) is 0. The minimum Gasteiger partial charge on any atom is -0.462 e. The van der Waals surface area contributed by atoms with Crippen molar-refractivity contribution in [1.29, 1.82) is 0 Å². The zero-order valence-electron chi connectivity index (χ0n) is 65.5. The van der Waals surface area contributed by atoms with E-state index in [9.17, 15) is 43.2 Å². The van der Waals surface area contributed by atoms with Crippen molar-refractivity contribution in [2.24, 2.45) is 11.8 Å². The van der Waals surface area contributed by atoms with Crippen LogP contribution in [0.5, 0.6) is 0 Å². The fourth-order valence-electron chi connectivity index (χ4n) is 12.5. The topological polar surface area (TPSA) is 237 Å². The molecule has 0 saturated heterocycles. The quantitative estimate of drug-likeness (QED) is 0.0222. The Morgan fingerprint density at radius 1 is 0.290 bits per heavy atom. The second kappa shape index (κ2) is 72.6. The molecule has 0 rings (SSSR count). The van der Waals surface area contributed by atoms with E-state index in [0.29, 0.717) is 25.7 Å². The molecule has 0 bridgehead atoms. The first-order valence-electron chi connectivity index (χ1n) is 42.0. The van der Waals surface area contributed by atoms with Gasteiger partial charge in [-0.25, -0.2) is 9.13 Å². The lowest BCUT2D eigenvalue weighted by molar-refractivity contribution is -0.161. The van der Waals surface area contributed by atoms with Crippen molar-refractivity contribution in [2.75, 3.05) is 39.6 Å². The molecule has 0 amide bonds. The second-order valence-electron chi connectivity index (χ2n) is 29.9. The third-order valence-electron chi connectivity index (χ3n) is 19.3. The molecule has 0 spiro atoms. The largest absolute Gasteiger partial charge is 0.472 e. The average molecular weight is 1470 g/mol. The molecule has 3 N–H and O–H groups in total. The average Bonchev–Trinajstić information content (AvgIpc) is 0.914. The van der Waals surface area contributed by atoms with Gasteiger partial charge in [-0.3, -0.25) is 37.3 Å². The first-order chi connectivity index (χ1) is 48.4. The maximum absolute atomic E-state index is 13.1. The van der Waals surface area contributed by atoms with Crippen LogP contribution in [-0.2, 0) is 65.4 Å². The molecule has 0 heterocycles. The van der Waals surface area contributed by atoms with Gasteiger partial charge in [0.1, 0.15) is 19.3 Å². The van der Waals surface area contributed by atoms with Gasteiger partial charge in [-0.2, -0.15) is 0 Å². The van der Waals surface area contributed by atoms with E-state index in [1.165, 1.54) is 238 Å². The van der Waals surface area contributed by atoms with Crippen molar-refractivity contribution in [1.82, 2.24) is 0 Å². The number of hydrogen-bond donors (Lipinski definition) is 3. The molecule has 0 aromatic rings. The molecule has 0 saturated carbocycles. The first kappa shape index (κ1) is 98.1. The Kier molecular flexibility index (Phi) is 71.2. The number of phosphoric ester groups is 2. The molecule has 100 heavy (non-hydrogen) atoms. The molecular formula is C81H158O17P2. The van der Waals surface area contributed by atoms with Gasteiger partial charge in [0, 0.05) is 25.7 Å². The highest BCUT2D eigenvalue weighted by atomic mass is 31.2. The van der Waals surface area contributed by atoms with E-state index in [1.807, 2.05) is 0 Å². The molecular weight excluding hydrogens is 1310 g/mol. The Labute approximate surface area is 613 Å². The number of hydrogen-bond acceptors (Lipinski definition) is 15. The third-order valence-corrected chi connectivity index (χ3v) is 21.2. The Morgan fingerprint density at radius 3 is 0.760 bits per heavy atom. The van der Waals surface area contributed by atoms with E-state index in [1.54, 1.807) is 0 Å². The van der Waals surface area contributed by atoms with Crippen LogP contribution in [0.3, 0.4) is 0 Å². The van der Waals surface area contributed by atoms with Crippen molar-refractivity contribution in [3.63, 3.8) is 0 Å². The molecule has 0 aliphatic carbocycles. The lowest BCUT2D eigenvalue weighted by Gasteiger charge is -2.21. The first-order valence-corrected chi connectivity index (χ1v) is 45.0. The van der Waals surface area contributed by atoms with Gasteiger partial charge in [-0.15, -0.1) is 0 Å². The van der Waals surface area contributed by atoms with Crippen LogP contribution in [0, 0.1) is 11.8 Å². The highest BCUT2D eigenvalue weighted by molar-refractivity contribution is 7.47. The summed E-state index contributed by atoms with van der Waals surface area (Å²) in [6.07, 6.45) is 62.6. The fraction of sp³-hybridized carbons (Fsp3) is 0.951. The van der Waals surface area contributed by atoms with Gasteiger partial charge in [-0.1, -0.05) is 375 Å². The summed E-state index contributed by atoms with van der Waals surface area (Å²) in [5.74, 6) is -0.628. The summed E-state index contributed by atoms with van der Waals surface area (Å²) in [4.78, 5) is 73.0. The van der Waals surface area contributed by atoms with Crippen LogP contribution < -0.4 is 0 Å². The monoisotopic (exact) mass is 1470 g/mol. The minimum absolute atomic E-state index is 0.105. The maximum atomic E-state index is 13.1. The van der Waals surface area contributed by atoms with E-state index in [-0.39, 0.29) is 25.7 Å². The Bertz CT molecular complexity index is 1930. The fourth-order valence-corrected chi connectivity index (χ4v) is 14.1. The van der Waals surface area contributed by atoms with Crippen LogP contribution >= 0.6 is 15.6 Å². The number of aliphatic hydroxyl groups is 1. The number of aliphatic hydroxyl groups excluding tert-OH is 1. The molecule has 19 heteroatoms. The summed E-state index contributed by atoms with van der Waals surface area (Å²) in [6.45, 7) is 9.58. The molecule has 0 aromatic carbocycles. The van der Waals surface area contributed by atoms with E-state index in [0.717, 1.165) is 108 Å². The summed E-state index contributed by atoms with van der Waals surface area (Å²) < 4.78 is 68.7. The number of unbranched alkanes of at least 4 members (excludes halogenated alkanes) is 49. The minimum atomic E-state index is -4.96. The summed E-state index contributed by atoms with van der Waals surface area (Å²) in [5, 5.41) is 10.6. The predicted molar refractivity (Wildman–Crippen MR) is 409 cm³/mol. The molecule has 0 radical (unpaired) electrons. The summed E-state index contributed by atoms with van der Waals surface area (Å²) >= 11 is 0. The van der Waals surface area contributed by atoms with E-state index in [2.05, 4.69) is 41.5 Å². The van der Waals surface area contributed by atoms with E-state index in [4.69, 9.17) is 37.0 Å². The van der Waals surface area contributed by atoms with Gasteiger partial charge < -0.3 is 33.8 Å². The summed E-state index contributed by atoms with van der Waals surface area (Å²) in [7, 11) is -9.92. The van der Waals surface area contributed by atoms with Crippen molar-refractivity contribution < 1.29 is 80.2 Å². The van der Waals surface area contributed by atoms with Crippen molar-refractivity contribution in [3.05, 3.63) is 0 Å². The number of rotatable bonds is 80. The molecule has 0 aliphatic heterocycles. The van der Waals surface area contributed by atoms with Gasteiger partial charge in [0.05, 0.1) is 26.4 Å². The van der Waals surface area contributed by atoms with Gasteiger partial charge in [-0.05, 0) is 37.5 Å². The van der Waals surface area contributed by atoms with Crippen LogP contribution in [0.2, 0.25) is 0 Å². The number of carbonyl (C=O) groups excluding carboxylic acids is 4. The smallest absolute Gasteiger partial charge is 0.462 e. The molecule has 3 unspecified atom stereocenters. The van der Waals surface area contributed by atoms with Crippen molar-refractivity contribution >= 4 is 39.5 Å². The van der Waals surface area contributed by atoms with Crippen LogP contribution in [0.15, 0.2) is 0 Å². The molecule has 6 atom stereocenters. The van der Waals surface area contributed by atoms with Gasteiger partial charge >= 0.3 is 39.5 Å². The SMILES string of the molecule is CCCCCCCCCCCCCCCCCCCCCC(=O)O[C@H](COC(=O)CCCCCCCCCCCCCCCCCCCC)COP(=O)(O)OC[C@@H](O)COP(=O)(O)OC[C@@H](COC(=O)CCCCCCCCC(C)CC)OC(=O)CCCCCCCCCCCCC(C)C. The number of carbonyl (C=O) groups is 4. The highest BCUT2D eigenvalue weighted by Crippen LogP contribution is 2.45. The van der Waals surface area contributed by atoms with Gasteiger partial charge in [0.25, 0.3) is 0 Å². The lowest BCUT2D eigenvalue weighted by Crippen LogP contribution is -2.30. The molecule has 0 fully saturated rings. The zero-order valence-corrected chi connectivity index (χ0v) is 67.3. The van der Waals surface area contributed by atoms with Crippen molar-refractivity contribution in [2.45, 2.75) is 445 Å². The Hall–Kier alpha value is -1.94. The number of esters is 4. The Morgan fingerprint density at radius 2 is 0.510 bits per heavy atom. The number of ether oxygens (including phenoxy) is 4. The van der Waals surface area contributed by atoms with Crippen molar-refractivity contribution in [3.8, 4) is 0 Å². The van der Waals surface area contributed by atoms with Crippen LogP contribution in [-0.4, -0.2) is 96.7 Å². The zero-order chi connectivity index (χ0) is 73.5. The molecule has 0 aromatic heterocycles. The predicted octanol–water partition coefficient (Wildman–Crippen LogP) is 24.3. The van der Waals surface area contributed by atoms with E-state index < -0.39 is 97.5 Å². The molecule has 0 aliphatic rings. The number of phosphoric acid groups is 2. The second-order valence-corrected chi connectivity index (χ2v) is 32.8. The van der Waals surface area contributed by atoms with E-state index >= 15 is 0 Å². The van der Waals surface area contributed by atoms with Gasteiger partial charge in [0.15, 0.2) is 12.2 Å². The van der Waals surface area contributed by atoms with Crippen LogP contribution in [0.25, 0.3) is 0 Å². The lowest BCUT2D eigenvalue weighted by atomic mass is 10.00.